The van der Waals surface area contributed by atoms with E-state index < -0.39 is 10.0 Å². The number of aryl methyl sites for hydroxylation is 2. The maximum absolute atomic E-state index is 12.9. The lowest BCUT2D eigenvalue weighted by Gasteiger charge is -2.20. The number of hydrogen-bond acceptors (Lipinski definition) is 4. The Kier molecular flexibility index (Phi) is 5.10. The van der Waals surface area contributed by atoms with Crippen LogP contribution in [-0.4, -0.2) is 21.6 Å². The van der Waals surface area contributed by atoms with Gasteiger partial charge in [-0.05, 0) is 61.4 Å². The van der Waals surface area contributed by atoms with Gasteiger partial charge in [-0.1, -0.05) is 18.2 Å². The molecule has 1 heterocycles. The number of fused-ring (bicyclic) bond motifs is 2. The van der Waals surface area contributed by atoms with Gasteiger partial charge in [-0.3, -0.25) is 0 Å². The van der Waals surface area contributed by atoms with Gasteiger partial charge in [-0.2, -0.15) is 0 Å². The Bertz CT molecular complexity index is 939. The molecule has 0 spiro atoms. The van der Waals surface area contributed by atoms with Crippen molar-refractivity contribution in [3.05, 3.63) is 53.1 Å². The molecule has 0 radical (unpaired) electrons. The molecule has 2 aromatic carbocycles. The minimum atomic E-state index is -3.66. The molecule has 0 fully saturated rings. The fourth-order valence-corrected chi connectivity index (χ4v) is 4.95. The highest BCUT2D eigenvalue weighted by atomic mass is 32.2. The number of nitrogens with one attached hydrogen (secondary N) is 1. The van der Waals surface area contributed by atoms with E-state index in [1.807, 2.05) is 13.0 Å². The smallest absolute Gasteiger partial charge is 0.241 e. The van der Waals surface area contributed by atoms with E-state index in [4.69, 9.17) is 9.47 Å². The van der Waals surface area contributed by atoms with Gasteiger partial charge in [-0.15, -0.1) is 0 Å². The molecular weight excluding hydrogens is 362 g/mol. The summed E-state index contributed by atoms with van der Waals surface area (Å²) in [4.78, 5) is 0.191. The van der Waals surface area contributed by atoms with E-state index in [2.05, 4.69) is 16.9 Å². The van der Waals surface area contributed by atoms with Gasteiger partial charge in [0.2, 0.25) is 10.0 Å². The van der Waals surface area contributed by atoms with Crippen LogP contribution in [-0.2, 0) is 22.9 Å². The average Bonchev–Trinajstić information content (AvgIpc) is 2.92. The summed E-state index contributed by atoms with van der Waals surface area (Å²) in [6, 6.07) is 10.8. The molecule has 0 bridgehead atoms. The first kappa shape index (κ1) is 18.3. The molecule has 6 heteroatoms. The number of ether oxygens (including phenoxy) is 2. The van der Waals surface area contributed by atoms with E-state index in [1.165, 1.54) is 24.0 Å². The molecule has 4 rings (SSSR count). The van der Waals surface area contributed by atoms with E-state index in [1.54, 1.807) is 18.2 Å². The van der Waals surface area contributed by atoms with E-state index in [9.17, 15) is 8.42 Å². The Labute approximate surface area is 160 Å². The maximum Gasteiger partial charge on any atom is 0.241 e. The molecule has 1 aliphatic carbocycles. The van der Waals surface area contributed by atoms with E-state index >= 15 is 0 Å². The molecule has 2 aliphatic rings. The molecule has 0 saturated heterocycles. The average molecular weight is 388 g/mol. The van der Waals surface area contributed by atoms with Gasteiger partial charge in [0.25, 0.3) is 0 Å². The van der Waals surface area contributed by atoms with Crippen LogP contribution in [0.2, 0.25) is 0 Å². The van der Waals surface area contributed by atoms with Crippen molar-refractivity contribution >= 4 is 10.0 Å². The number of sulfonamides is 1. The highest BCUT2D eigenvalue weighted by molar-refractivity contribution is 7.89. The van der Waals surface area contributed by atoms with Crippen LogP contribution in [0.15, 0.2) is 41.3 Å². The van der Waals surface area contributed by atoms with Crippen molar-refractivity contribution in [1.82, 2.24) is 4.72 Å². The van der Waals surface area contributed by atoms with Crippen molar-refractivity contribution in [3.8, 4) is 11.5 Å². The van der Waals surface area contributed by atoms with Crippen molar-refractivity contribution in [2.45, 2.75) is 50.0 Å². The van der Waals surface area contributed by atoms with Gasteiger partial charge < -0.3 is 9.47 Å². The summed E-state index contributed by atoms with van der Waals surface area (Å²) < 4.78 is 39.7. The van der Waals surface area contributed by atoms with Crippen LogP contribution < -0.4 is 14.2 Å². The van der Waals surface area contributed by atoms with Gasteiger partial charge in [0.15, 0.2) is 11.5 Å². The second-order valence-corrected chi connectivity index (χ2v) is 8.95. The first-order chi connectivity index (χ1) is 13.0. The third-order valence-corrected chi connectivity index (χ3v) is 6.77. The summed E-state index contributed by atoms with van der Waals surface area (Å²) in [5.74, 6) is 1.07. The molecule has 1 atom stereocenters. The van der Waals surface area contributed by atoms with Crippen molar-refractivity contribution in [3.63, 3.8) is 0 Å². The molecule has 144 valence electrons. The molecule has 0 amide bonds. The van der Waals surface area contributed by atoms with E-state index in [0.29, 0.717) is 24.7 Å². The van der Waals surface area contributed by atoms with Gasteiger partial charge in [0.1, 0.15) is 0 Å². The monoisotopic (exact) mass is 387 g/mol. The van der Waals surface area contributed by atoms with E-state index in [-0.39, 0.29) is 10.9 Å². The lowest BCUT2D eigenvalue weighted by molar-refractivity contribution is 0.297. The zero-order chi connectivity index (χ0) is 18.9. The van der Waals surface area contributed by atoms with Crippen molar-refractivity contribution in [2.24, 2.45) is 0 Å². The summed E-state index contributed by atoms with van der Waals surface area (Å²) in [5, 5.41) is 0. The standard InChI is InChI=1S/C21H25NO4S/c1-15(17-8-7-16-5-2-3-6-18(16)13-17)22-27(23,24)19-9-10-20-21(14-19)26-12-4-11-25-20/h7-10,13-15,22H,2-6,11-12H2,1H3/t15-/m0/s1. The van der Waals surface area contributed by atoms with Gasteiger partial charge >= 0.3 is 0 Å². The van der Waals surface area contributed by atoms with Gasteiger partial charge in [0, 0.05) is 18.5 Å². The summed E-state index contributed by atoms with van der Waals surface area (Å²) in [6.07, 6.45) is 5.41. The Hall–Kier alpha value is -2.05. The first-order valence-corrected chi connectivity index (χ1v) is 11.0. The molecule has 0 saturated carbocycles. The molecular formula is C21H25NO4S. The van der Waals surface area contributed by atoms with Crippen LogP contribution in [0, 0.1) is 0 Å². The molecule has 5 nitrogen and oxygen atoms in total. The Morgan fingerprint density at radius 2 is 1.63 bits per heavy atom. The SMILES string of the molecule is C[C@H](NS(=O)(=O)c1ccc2c(c1)OCCCO2)c1ccc2c(c1)CCCC2. The second kappa shape index (κ2) is 7.52. The topological polar surface area (TPSA) is 64.6 Å². The molecule has 1 N–H and O–H groups in total. The van der Waals surface area contributed by atoms with Crippen molar-refractivity contribution < 1.29 is 17.9 Å². The Balaban J connectivity index is 1.55. The number of hydrogen-bond donors (Lipinski definition) is 1. The minimum absolute atomic E-state index is 0.191. The predicted octanol–water partition coefficient (Wildman–Crippen LogP) is 3.77. The Morgan fingerprint density at radius 3 is 2.44 bits per heavy atom. The maximum atomic E-state index is 12.9. The third-order valence-electron chi connectivity index (χ3n) is 5.23. The largest absolute Gasteiger partial charge is 0.490 e. The normalized spacial score (nSPS) is 17.7. The predicted molar refractivity (Wildman–Crippen MR) is 104 cm³/mol. The lowest BCUT2D eigenvalue weighted by Crippen LogP contribution is -2.27. The van der Waals surface area contributed by atoms with Gasteiger partial charge in [0.05, 0.1) is 18.1 Å². The summed E-state index contributed by atoms with van der Waals surface area (Å²) in [7, 11) is -3.66. The highest BCUT2D eigenvalue weighted by Gasteiger charge is 2.22. The zero-order valence-corrected chi connectivity index (χ0v) is 16.3. The second-order valence-electron chi connectivity index (χ2n) is 7.24. The molecule has 0 unspecified atom stereocenters. The fraction of sp³-hybridized carbons (Fsp3) is 0.429. The van der Waals surface area contributed by atoms with Crippen LogP contribution in [0.1, 0.15) is 48.9 Å². The number of rotatable bonds is 4. The molecule has 2 aromatic rings. The van der Waals surface area contributed by atoms with Crippen molar-refractivity contribution in [2.75, 3.05) is 13.2 Å². The molecule has 27 heavy (non-hydrogen) atoms. The van der Waals surface area contributed by atoms with Crippen LogP contribution in [0.5, 0.6) is 11.5 Å². The lowest BCUT2D eigenvalue weighted by atomic mass is 9.89. The van der Waals surface area contributed by atoms with Crippen LogP contribution in [0.3, 0.4) is 0 Å². The molecule has 1 aliphatic heterocycles. The fourth-order valence-electron chi connectivity index (χ4n) is 3.70. The summed E-state index contributed by atoms with van der Waals surface area (Å²) in [6.45, 7) is 2.98. The number of benzene rings is 2. The van der Waals surface area contributed by atoms with E-state index in [0.717, 1.165) is 24.8 Å². The van der Waals surface area contributed by atoms with Crippen LogP contribution in [0.25, 0.3) is 0 Å². The summed E-state index contributed by atoms with van der Waals surface area (Å²) in [5.41, 5.74) is 3.73. The van der Waals surface area contributed by atoms with Crippen LogP contribution >= 0.6 is 0 Å². The molecule has 0 aromatic heterocycles. The zero-order valence-electron chi connectivity index (χ0n) is 15.5. The Morgan fingerprint density at radius 1 is 0.889 bits per heavy atom. The third kappa shape index (κ3) is 3.96. The van der Waals surface area contributed by atoms with Gasteiger partial charge in [-0.25, -0.2) is 13.1 Å². The highest BCUT2D eigenvalue weighted by Crippen LogP contribution is 2.32. The van der Waals surface area contributed by atoms with Crippen molar-refractivity contribution in [1.29, 1.82) is 0 Å². The quantitative estimate of drug-likeness (QED) is 0.867. The summed E-state index contributed by atoms with van der Waals surface area (Å²) >= 11 is 0. The van der Waals surface area contributed by atoms with Crippen LogP contribution in [0.4, 0.5) is 0 Å². The first-order valence-electron chi connectivity index (χ1n) is 9.57. The minimum Gasteiger partial charge on any atom is -0.490 e.